The summed E-state index contributed by atoms with van der Waals surface area (Å²) in [5.41, 5.74) is 5.11. The van der Waals surface area contributed by atoms with Gasteiger partial charge in [0.15, 0.2) is 0 Å². The SMILES string of the molecule is NC(=O)C1(CNC2CC2)CC1. The molecule has 2 aliphatic carbocycles. The maximum absolute atomic E-state index is 10.9. The Hall–Kier alpha value is -0.570. The molecule has 3 N–H and O–H groups in total. The fourth-order valence-electron chi connectivity index (χ4n) is 1.29. The summed E-state index contributed by atoms with van der Waals surface area (Å²) >= 11 is 0. The van der Waals surface area contributed by atoms with Crippen molar-refractivity contribution in [3.63, 3.8) is 0 Å². The van der Waals surface area contributed by atoms with Crippen LogP contribution in [0, 0.1) is 5.41 Å². The van der Waals surface area contributed by atoms with Crippen molar-refractivity contribution in [3.8, 4) is 0 Å². The molecular formula is C8H14N2O. The highest BCUT2D eigenvalue weighted by Crippen LogP contribution is 2.45. The van der Waals surface area contributed by atoms with Crippen LogP contribution in [-0.4, -0.2) is 18.5 Å². The van der Waals surface area contributed by atoms with E-state index in [9.17, 15) is 4.79 Å². The number of carbonyl (C=O) groups is 1. The second-order valence-electron chi connectivity index (χ2n) is 3.80. The summed E-state index contributed by atoms with van der Waals surface area (Å²) in [5, 5.41) is 3.34. The van der Waals surface area contributed by atoms with Gasteiger partial charge in [-0.05, 0) is 25.7 Å². The molecule has 0 heterocycles. The Morgan fingerprint density at radius 3 is 2.55 bits per heavy atom. The van der Waals surface area contributed by atoms with E-state index >= 15 is 0 Å². The van der Waals surface area contributed by atoms with Gasteiger partial charge in [-0.2, -0.15) is 0 Å². The number of hydrogen-bond donors (Lipinski definition) is 2. The smallest absolute Gasteiger partial charge is 0.224 e. The van der Waals surface area contributed by atoms with Crippen molar-refractivity contribution in [2.45, 2.75) is 31.7 Å². The predicted molar refractivity (Wildman–Crippen MR) is 41.9 cm³/mol. The van der Waals surface area contributed by atoms with Gasteiger partial charge >= 0.3 is 0 Å². The van der Waals surface area contributed by atoms with E-state index in [1.165, 1.54) is 12.8 Å². The highest BCUT2D eigenvalue weighted by Gasteiger charge is 2.48. The molecule has 2 rings (SSSR count). The van der Waals surface area contributed by atoms with Crippen LogP contribution in [0.15, 0.2) is 0 Å². The van der Waals surface area contributed by atoms with E-state index < -0.39 is 0 Å². The van der Waals surface area contributed by atoms with Crippen molar-refractivity contribution in [1.82, 2.24) is 5.32 Å². The van der Waals surface area contributed by atoms with E-state index in [2.05, 4.69) is 5.32 Å². The molecule has 3 nitrogen and oxygen atoms in total. The summed E-state index contributed by atoms with van der Waals surface area (Å²) in [6, 6.07) is 0.687. The number of nitrogens with one attached hydrogen (secondary N) is 1. The number of carbonyl (C=O) groups excluding carboxylic acids is 1. The molecule has 3 heteroatoms. The van der Waals surface area contributed by atoms with E-state index in [-0.39, 0.29) is 11.3 Å². The van der Waals surface area contributed by atoms with Crippen LogP contribution in [0.1, 0.15) is 25.7 Å². The van der Waals surface area contributed by atoms with E-state index in [1.54, 1.807) is 0 Å². The van der Waals surface area contributed by atoms with Gasteiger partial charge in [-0.25, -0.2) is 0 Å². The summed E-state index contributed by atoms with van der Waals surface area (Å²) in [5.74, 6) is -0.120. The number of amides is 1. The molecule has 0 bridgehead atoms. The molecule has 1 amide bonds. The molecule has 2 fully saturated rings. The molecule has 62 valence electrons. The minimum atomic E-state index is -0.150. The average Bonchev–Trinajstić information content (AvgIpc) is 2.82. The first kappa shape index (κ1) is 7.10. The van der Waals surface area contributed by atoms with Crippen LogP contribution in [0.4, 0.5) is 0 Å². The van der Waals surface area contributed by atoms with Crippen LogP contribution in [0.3, 0.4) is 0 Å². The third kappa shape index (κ3) is 1.38. The first-order valence-corrected chi connectivity index (χ1v) is 4.26. The first-order valence-electron chi connectivity index (χ1n) is 4.26. The zero-order valence-corrected chi connectivity index (χ0v) is 6.60. The molecule has 0 radical (unpaired) electrons. The molecule has 11 heavy (non-hydrogen) atoms. The van der Waals surface area contributed by atoms with Gasteiger partial charge in [0.25, 0.3) is 0 Å². The largest absolute Gasteiger partial charge is 0.369 e. The van der Waals surface area contributed by atoms with Gasteiger partial charge in [-0.1, -0.05) is 0 Å². The monoisotopic (exact) mass is 154 g/mol. The third-order valence-electron chi connectivity index (χ3n) is 2.68. The molecule has 0 atom stereocenters. The summed E-state index contributed by atoms with van der Waals surface area (Å²) in [4.78, 5) is 10.9. The molecule has 0 spiro atoms. The van der Waals surface area contributed by atoms with Crippen LogP contribution in [0.25, 0.3) is 0 Å². The summed E-state index contributed by atoms with van der Waals surface area (Å²) in [7, 11) is 0. The van der Waals surface area contributed by atoms with Crippen molar-refractivity contribution in [1.29, 1.82) is 0 Å². The Balaban J connectivity index is 1.79. The normalized spacial score (nSPS) is 26.5. The molecule has 0 unspecified atom stereocenters. The van der Waals surface area contributed by atoms with Gasteiger partial charge in [0, 0.05) is 12.6 Å². The minimum Gasteiger partial charge on any atom is -0.369 e. The van der Waals surface area contributed by atoms with Gasteiger partial charge < -0.3 is 11.1 Å². The zero-order chi connectivity index (χ0) is 7.90. The van der Waals surface area contributed by atoms with E-state index in [1.807, 2.05) is 0 Å². The third-order valence-corrected chi connectivity index (χ3v) is 2.68. The maximum atomic E-state index is 10.9. The van der Waals surface area contributed by atoms with Crippen molar-refractivity contribution in [2.75, 3.05) is 6.54 Å². The second kappa shape index (κ2) is 2.21. The molecule has 2 saturated carbocycles. The number of primary amides is 1. The van der Waals surface area contributed by atoms with E-state index in [0.717, 1.165) is 19.4 Å². The van der Waals surface area contributed by atoms with Crippen LogP contribution in [0.5, 0.6) is 0 Å². The minimum absolute atomic E-state index is 0.120. The average molecular weight is 154 g/mol. The van der Waals surface area contributed by atoms with Crippen LogP contribution >= 0.6 is 0 Å². The van der Waals surface area contributed by atoms with E-state index in [0.29, 0.717) is 6.04 Å². The van der Waals surface area contributed by atoms with Gasteiger partial charge in [0.05, 0.1) is 5.41 Å². The fourth-order valence-corrected chi connectivity index (χ4v) is 1.29. The molecule has 2 aliphatic rings. The predicted octanol–water partition coefficient (Wildman–Crippen LogP) is 0.00390. The number of nitrogens with two attached hydrogens (primary N) is 1. The Morgan fingerprint density at radius 1 is 1.55 bits per heavy atom. The Kier molecular flexibility index (Phi) is 1.42. The lowest BCUT2D eigenvalue weighted by Crippen LogP contribution is -2.35. The summed E-state index contributed by atoms with van der Waals surface area (Å²) in [6.07, 6.45) is 4.52. The Labute approximate surface area is 66.3 Å². The van der Waals surface area contributed by atoms with Crippen molar-refractivity contribution in [3.05, 3.63) is 0 Å². The zero-order valence-electron chi connectivity index (χ0n) is 6.60. The molecule has 0 aromatic rings. The van der Waals surface area contributed by atoms with Crippen molar-refractivity contribution in [2.24, 2.45) is 11.1 Å². The van der Waals surface area contributed by atoms with Crippen molar-refractivity contribution < 1.29 is 4.79 Å². The van der Waals surface area contributed by atoms with Crippen LogP contribution in [0.2, 0.25) is 0 Å². The molecule has 0 saturated heterocycles. The molecular weight excluding hydrogens is 140 g/mol. The highest BCUT2D eigenvalue weighted by atomic mass is 16.1. The lowest BCUT2D eigenvalue weighted by atomic mass is 10.1. The van der Waals surface area contributed by atoms with Crippen LogP contribution < -0.4 is 11.1 Å². The lowest BCUT2D eigenvalue weighted by Gasteiger charge is -2.10. The standard InChI is InChI=1S/C8H14N2O/c9-7(11)8(3-4-8)5-10-6-1-2-6/h6,10H,1-5H2,(H2,9,11). The number of hydrogen-bond acceptors (Lipinski definition) is 2. The Bertz CT molecular complexity index is 183. The molecule has 0 aromatic heterocycles. The first-order chi connectivity index (χ1) is 5.23. The highest BCUT2D eigenvalue weighted by molar-refractivity contribution is 5.83. The van der Waals surface area contributed by atoms with Crippen molar-refractivity contribution >= 4 is 5.91 Å². The Morgan fingerprint density at radius 2 is 2.18 bits per heavy atom. The summed E-state index contributed by atoms with van der Waals surface area (Å²) in [6.45, 7) is 0.812. The molecule has 0 aromatic carbocycles. The van der Waals surface area contributed by atoms with Crippen LogP contribution in [-0.2, 0) is 4.79 Å². The maximum Gasteiger partial charge on any atom is 0.224 e. The van der Waals surface area contributed by atoms with Gasteiger partial charge in [0.2, 0.25) is 5.91 Å². The fraction of sp³-hybridized carbons (Fsp3) is 0.875. The number of rotatable bonds is 4. The van der Waals surface area contributed by atoms with Gasteiger partial charge in [-0.15, -0.1) is 0 Å². The lowest BCUT2D eigenvalue weighted by molar-refractivity contribution is -0.122. The summed E-state index contributed by atoms with van der Waals surface area (Å²) < 4.78 is 0. The quantitative estimate of drug-likeness (QED) is 0.599. The van der Waals surface area contributed by atoms with E-state index in [4.69, 9.17) is 5.73 Å². The van der Waals surface area contributed by atoms with Gasteiger partial charge in [-0.3, -0.25) is 4.79 Å². The second-order valence-corrected chi connectivity index (χ2v) is 3.80. The van der Waals surface area contributed by atoms with Gasteiger partial charge in [0.1, 0.15) is 0 Å². The topological polar surface area (TPSA) is 55.1 Å². The molecule has 0 aliphatic heterocycles.